The van der Waals surface area contributed by atoms with E-state index in [9.17, 15) is 0 Å². The minimum Gasteiger partial charge on any atom is -0.316 e. The number of aromatic nitrogens is 4. The second-order valence-electron chi connectivity index (χ2n) is 4.81. The molecule has 0 saturated heterocycles. The maximum atomic E-state index is 4.70. The van der Waals surface area contributed by atoms with Crippen LogP contribution in [0.3, 0.4) is 0 Å². The van der Waals surface area contributed by atoms with Crippen molar-refractivity contribution in [3.8, 4) is 5.82 Å². The van der Waals surface area contributed by atoms with Gasteiger partial charge in [-0.05, 0) is 38.6 Å². The summed E-state index contributed by atoms with van der Waals surface area (Å²) in [5, 5.41) is 8.78. The van der Waals surface area contributed by atoms with E-state index < -0.39 is 0 Å². The Hall–Kier alpha value is -2.27. The van der Waals surface area contributed by atoms with Crippen LogP contribution in [0.25, 0.3) is 16.7 Å². The zero-order chi connectivity index (χ0) is 14.1. The first kappa shape index (κ1) is 12.7. The van der Waals surface area contributed by atoms with Crippen LogP contribution < -0.4 is 5.32 Å². The minimum atomic E-state index is 0.757. The van der Waals surface area contributed by atoms with Crippen molar-refractivity contribution < 1.29 is 0 Å². The van der Waals surface area contributed by atoms with Crippen LogP contribution in [0.2, 0.25) is 0 Å². The zero-order valence-corrected chi connectivity index (χ0v) is 11.9. The van der Waals surface area contributed by atoms with Crippen LogP contribution in [0, 0.1) is 13.8 Å². The Morgan fingerprint density at radius 3 is 2.65 bits per heavy atom. The predicted molar refractivity (Wildman–Crippen MR) is 78.9 cm³/mol. The largest absolute Gasteiger partial charge is 0.316 e. The van der Waals surface area contributed by atoms with E-state index in [1.807, 2.05) is 39.1 Å². The standard InChI is InChI=1S/C15H17N5/c1-10-17-11(2)20(19-10)15-8-12(9-16-3)13-6-4-5-7-14(13)18-15/h4-8,16H,9H2,1-3H3. The molecule has 0 radical (unpaired) electrons. The highest BCUT2D eigenvalue weighted by Gasteiger charge is 2.10. The lowest BCUT2D eigenvalue weighted by Crippen LogP contribution is -2.09. The van der Waals surface area contributed by atoms with Crippen LogP contribution in [-0.2, 0) is 6.54 Å². The van der Waals surface area contributed by atoms with E-state index in [4.69, 9.17) is 4.98 Å². The monoisotopic (exact) mass is 267 g/mol. The molecule has 0 unspecified atom stereocenters. The number of hydrogen-bond acceptors (Lipinski definition) is 4. The van der Waals surface area contributed by atoms with E-state index in [1.54, 1.807) is 4.68 Å². The van der Waals surface area contributed by atoms with Crippen molar-refractivity contribution in [2.45, 2.75) is 20.4 Å². The molecule has 1 N–H and O–H groups in total. The molecule has 0 amide bonds. The molecule has 0 fully saturated rings. The van der Waals surface area contributed by atoms with Crippen LogP contribution in [0.15, 0.2) is 30.3 Å². The molecule has 0 aliphatic heterocycles. The molecule has 0 atom stereocenters. The van der Waals surface area contributed by atoms with Gasteiger partial charge in [0.15, 0.2) is 5.82 Å². The molecule has 5 nitrogen and oxygen atoms in total. The molecular weight excluding hydrogens is 250 g/mol. The molecule has 102 valence electrons. The average molecular weight is 267 g/mol. The molecule has 2 heterocycles. The molecule has 1 aromatic carbocycles. The summed E-state index contributed by atoms with van der Waals surface area (Å²) in [7, 11) is 1.94. The van der Waals surface area contributed by atoms with Gasteiger partial charge in [-0.1, -0.05) is 18.2 Å². The fraction of sp³-hybridized carbons (Fsp3) is 0.267. The van der Waals surface area contributed by atoms with Gasteiger partial charge >= 0.3 is 0 Å². The van der Waals surface area contributed by atoms with Crippen molar-refractivity contribution in [2.75, 3.05) is 7.05 Å². The fourth-order valence-electron chi connectivity index (χ4n) is 2.42. The van der Waals surface area contributed by atoms with Gasteiger partial charge in [0.25, 0.3) is 0 Å². The van der Waals surface area contributed by atoms with Crippen molar-refractivity contribution >= 4 is 10.9 Å². The van der Waals surface area contributed by atoms with Crippen LogP contribution in [0.5, 0.6) is 0 Å². The lowest BCUT2D eigenvalue weighted by molar-refractivity contribution is 0.792. The van der Waals surface area contributed by atoms with Gasteiger partial charge in [-0.15, -0.1) is 5.10 Å². The molecule has 5 heteroatoms. The van der Waals surface area contributed by atoms with Gasteiger partial charge in [0.2, 0.25) is 0 Å². The van der Waals surface area contributed by atoms with Gasteiger partial charge in [-0.25, -0.2) is 9.97 Å². The summed E-state index contributed by atoms with van der Waals surface area (Å²) >= 11 is 0. The number of nitrogens with one attached hydrogen (secondary N) is 1. The van der Waals surface area contributed by atoms with Gasteiger partial charge in [-0.3, -0.25) is 0 Å². The third-order valence-corrected chi connectivity index (χ3v) is 3.25. The smallest absolute Gasteiger partial charge is 0.156 e. The molecule has 20 heavy (non-hydrogen) atoms. The van der Waals surface area contributed by atoms with Crippen molar-refractivity contribution in [2.24, 2.45) is 0 Å². The Morgan fingerprint density at radius 2 is 1.95 bits per heavy atom. The molecule has 0 bridgehead atoms. The van der Waals surface area contributed by atoms with Crippen molar-refractivity contribution in [3.63, 3.8) is 0 Å². The number of hydrogen-bond donors (Lipinski definition) is 1. The zero-order valence-electron chi connectivity index (χ0n) is 11.9. The Kier molecular flexibility index (Phi) is 3.20. The predicted octanol–water partition coefficient (Wildman–Crippen LogP) is 2.15. The second kappa shape index (κ2) is 5.02. The summed E-state index contributed by atoms with van der Waals surface area (Å²) in [6.45, 7) is 4.62. The Morgan fingerprint density at radius 1 is 1.15 bits per heavy atom. The molecular formula is C15H17N5. The van der Waals surface area contributed by atoms with E-state index in [-0.39, 0.29) is 0 Å². The van der Waals surface area contributed by atoms with Gasteiger partial charge < -0.3 is 5.32 Å². The summed E-state index contributed by atoms with van der Waals surface area (Å²) in [6.07, 6.45) is 0. The number of aryl methyl sites for hydroxylation is 2. The molecule has 0 saturated carbocycles. The first-order valence-electron chi connectivity index (χ1n) is 6.63. The first-order valence-corrected chi connectivity index (χ1v) is 6.63. The summed E-state index contributed by atoms with van der Waals surface area (Å²) < 4.78 is 1.79. The maximum Gasteiger partial charge on any atom is 0.156 e. The van der Waals surface area contributed by atoms with E-state index in [1.165, 1.54) is 10.9 Å². The second-order valence-corrected chi connectivity index (χ2v) is 4.81. The van der Waals surface area contributed by atoms with Crippen molar-refractivity contribution in [1.29, 1.82) is 0 Å². The lowest BCUT2D eigenvalue weighted by Gasteiger charge is -2.09. The van der Waals surface area contributed by atoms with Gasteiger partial charge in [0, 0.05) is 11.9 Å². The van der Waals surface area contributed by atoms with E-state index in [2.05, 4.69) is 27.5 Å². The molecule has 0 aliphatic carbocycles. The Labute approximate surface area is 117 Å². The average Bonchev–Trinajstić information content (AvgIpc) is 2.78. The van der Waals surface area contributed by atoms with E-state index in [0.717, 1.165) is 29.5 Å². The summed E-state index contributed by atoms with van der Waals surface area (Å²) in [5.74, 6) is 2.42. The molecule has 0 spiro atoms. The molecule has 0 aliphatic rings. The molecule has 3 aromatic rings. The van der Waals surface area contributed by atoms with Gasteiger partial charge in [0.1, 0.15) is 11.6 Å². The maximum absolute atomic E-state index is 4.70. The van der Waals surface area contributed by atoms with E-state index in [0.29, 0.717) is 0 Å². The summed E-state index contributed by atoms with van der Waals surface area (Å²) in [4.78, 5) is 9.03. The number of fused-ring (bicyclic) bond motifs is 1. The molecule has 2 aromatic heterocycles. The summed E-state index contributed by atoms with van der Waals surface area (Å²) in [5.41, 5.74) is 2.18. The quantitative estimate of drug-likeness (QED) is 0.790. The lowest BCUT2D eigenvalue weighted by atomic mass is 10.1. The number of pyridine rings is 1. The van der Waals surface area contributed by atoms with Crippen LogP contribution in [-0.4, -0.2) is 26.8 Å². The van der Waals surface area contributed by atoms with Gasteiger partial charge in [0.05, 0.1) is 5.52 Å². The fourth-order valence-corrected chi connectivity index (χ4v) is 2.42. The third-order valence-electron chi connectivity index (χ3n) is 3.25. The number of nitrogens with zero attached hydrogens (tertiary/aromatic N) is 4. The minimum absolute atomic E-state index is 0.757. The summed E-state index contributed by atoms with van der Waals surface area (Å²) in [6, 6.07) is 10.2. The first-order chi connectivity index (χ1) is 9.69. The Balaban J connectivity index is 2.24. The van der Waals surface area contributed by atoms with Crippen molar-refractivity contribution in [3.05, 3.63) is 47.5 Å². The third kappa shape index (κ3) is 2.16. The topological polar surface area (TPSA) is 55.6 Å². The highest BCUT2D eigenvalue weighted by Crippen LogP contribution is 2.20. The number of para-hydroxylation sites is 1. The Bertz CT molecular complexity index is 760. The highest BCUT2D eigenvalue weighted by molar-refractivity contribution is 5.83. The van der Waals surface area contributed by atoms with E-state index >= 15 is 0 Å². The highest BCUT2D eigenvalue weighted by atomic mass is 15.4. The number of benzene rings is 1. The van der Waals surface area contributed by atoms with Crippen LogP contribution in [0.4, 0.5) is 0 Å². The number of rotatable bonds is 3. The van der Waals surface area contributed by atoms with Crippen LogP contribution in [0.1, 0.15) is 17.2 Å². The molecule has 3 rings (SSSR count). The van der Waals surface area contributed by atoms with Crippen molar-refractivity contribution in [1.82, 2.24) is 25.1 Å². The SMILES string of the molecule is CNCc1cc(-n2nc(C)nc2C)nc2ccccc12. The normalized spacial score (nSPS) is 11.2. The van der Waals surface area contributed by atoms with Crippen LogP contribution >= 0.6 is 0 Å². The van der Waals surface area contributed by atoms with Gasteiger partial charge in [-0.2, -0.15) is 4.68 Å².